The second-order valence-corrected chi connectivity index (χ2v) is 5.92. The quantitative estimate of drug-likeness (QED) is 0.887. The molecule has 2 N–H and O–H groups in total. The fourth-order valence-electron chi connectivity index (χ4n) is 2.71. The van der Waals surface area contributed by atoms with Crippen LogP contribution in [0.4, 0.5) is 0 Å². The molecule has 1 aliphatic heterocycles. The van der Waals surface area contributed by atoms with E-state index in [1.54, 1.807) is 0 Å². The van der Waals surface area contributed by atoms with Crippen LogP contribution in [0.1, 0.15) is 29.3 Å². The van der Waals surface area contributed by atoms with Crippen molar-refractivity contribution in [1.29, 1.82) is 0 Å². The molecule has 0 spiro atoms. The first kappa shape index (κ1) is 16.8. The lowest BCUT2D eigenvalue weighted by Crippen LogP contribution is -2.31. The summed E-state index contributed by atoms with van der Waals surface area (Å²) in [5, 5.41) is 9.26. The molecule has 1 atom stereocenters. The zero-order valence-corrected chi connectivity index (χ0v) is 14.2. The Bertz CT molecular complexity index is 845. The first-order valence-electron chi connectivity index (χ1n) is 8.03. The van der Waals surface area contributed by atoms with Gasteiger partial charge in [0.05, 0.1) is 25.3 Å². The number of aromatic amines is 1. The van der Waals surface area contributed by atoms with E-state index in [1.807, 2.05) is 35.3 Å². The number of hydrogen-bond donors (Lipinski definition) is 2. The average molecular weight is 340 g/mol. The third-order valence-electron chi connectivity index (χ3n) is 4.04. The van der Waals surface area contributed by atoms with Crippen LogP contribution >= 0.6 is 0 Å². The van der Waals surface area contributed by atoms with Crippen molar-refractivity contribution in [3.8, 4) is 5.75 Å². The Labute approximate surface area is 145 Å². The van der Waals surface area contributed by atoms with E-state index in [0.29, 0.717) is 18.8 Å². The zero-order valence-electron chi connectivity index (χ0n) is 14.2. The van der Waals surface area contributed by atoms with Crippen molar-refractivity contribution < 1.29 is 9.53 Å². The maximum atomic E-state index is 12.5. The van der Waals surface area contributed by atoms with Crippen molar-refractivity contribution in [3.63, 3.8) is 0 Å². The Balaban J connectivity index is 1.71. The summed E-state index contributed by atoms with van der Waals surface area (Å²) in [5.41, 5.74) is 1.10. The number of amides is 1. The van der Waals surface area contributed by atoms with E-state index in [2.05, 4.69) is 22.3 Å². The molecule has 0 radical (unpaired) electrons. The number of nitrogens with zero attached hydrogens (tertiary/aromatic N) is 2. The maximum absolute atomic E-state index is 12.5. The maximum Gasteiger partial charge on any atom is 0.261 e. The minimum Gasteiger partial charge on any atom is -0.496 e. The average Bonchev–Trinajstić information content (AvgIpc) is 2.94. The molecule has 1 aliphatic rings. The highest BCUT2D eigenvalue weighted by Crippen LogP contribution is 2.19. The second-order valence-electron chi connectivity index (χ2n) is 5.92. The molecule has 1 aromatic carbocycles. The highest BCUT2D eigenvalue weighted by Gasteiger charge is 2.25. The molecule has 3 rings (SSSR count). The van der Waals surface area contributed by atoms with Gasteiger partial charge < -0.3 is 15.0 Å². The number of methoxy groups -OCH3 is 1. The smallest absolute Gasteiger partial charge is 0.261 e. The second kappa shape index (κ2) is 7.21. The largest absolute Gasteiger partial charge is 0.496 e. The summed E-state index contributed by atoms with van der Waals surface area (Å²) in [6, 6.07) is 11.5. The van der Waals surface area contributed by atoms with Gasteiger partial charge in [-0.25, -0.2) is 0 Å². The Morgan fingerprint density at radius 2 is 2.16 bits per heavy atom. The van der Waals surface area contributed by atoms with E-state index in [4.69, 9.17) is 4.74 Å². The van der Waals surface area contributed by atoms with Gasteiger partial charge in [0.1, 0.15) is 11.6 Å². The van der Waals surface area contributed by atoms with E-state index in [9.17, 15) is 9.59 Å². The molecule has 0 fully saturated rings. The molecular weight excluding hydrogens is 320 g/mol. The minimum atomic E-state index is -0.361. The summed E-state index contributed by atoms with van der Waals surface area (Å²) in [5.74, 6) is 0.469. The summed E-state index contributed by atoms with van der Waals surface area (Å²) >= 11 is 0. The van der Waals surface area contributed by atoms with Crippen LogP contribution < -0.4 is 15.6 Å². The highest BCUT2D eigenvalue weighted by atomic mass is 16.5. The number of carbonyl (C=O) groups excluding carboxylic acids is 1. The number of nitrogens with one attached hydrogen (secondary N) is 2. The summed E-state index contributed by atoms with van der Waals surface area (Å²) in [4.78, 5) is 26.3. The predicted molar refractivity (Wildman–Crippen MR) is 94.6 cm³/mol. The molecule has 1 amide bonds. The number of ether oxygens (including phenoxy) is 1. The number of amidine groups is 1. The molecule has 7 nitrogen and oxygen atoms in total. The Morgan fingerprint density at radius 3 is 2.88 bits per heavy atom. The third-order valence-corrected chi connectivity index (χ3v) is 4.04. The fourth-order valence-corrected chi connectivity index (χ4v) is 2.71. The Morgan fingerprint density at radius 1 is 1.40 bits per heavy atom. The Kier molecular flexibility index (Phi) is 4.83. The fraction of sp³-hybridized carbons (Fsp3) is 0.278. The van der Waals surface area contributed by atoms with Crippen molar-refractivity contribution in [1.82, 2.24) is 15.3 Å². The molecule has 0 saturated carbocycles. The SMILES string of the molecule is COc1cc(=O)[nH]cc1C(=O)NC1=NN(Cc2ccccc2)C(C)C1. The van der Waals surface area contributed by atoms with Gasteiger partial charge in [0.2, 0.25) is 0 Å². The van der Waals surface area contributed by atoms with Crippen molar-refractivity contribution in [2.75, 3.05) is 7.11 Å². The summed E-state index contributed by atoms with van der Waals surface area (Å²) < 4.78 is 5.10. The summed E-state index contributed by atoms with van der Waals surface area (Å²) in [7, 11) is 1.42. The van der Waals surface area contributed by atoms with Crippen molar-refractivity contribution in [2.45, 2.75) is 25.9 Å². The van der Waals surface area contributed by atoms with Gasteiger partial charge in [0.15, 0.2) is 0 Å². The highest BCUT2D eigenvalue weighted by molar-refractivity contribution is 6.08. The van der Waals surface area contributed by atoms with Crippen molar-refractivity contribution in [3.05, 3.63) is 64.1 Å². The summed E-state index contributed by atoms with van der Waals surface area (Å²) in [6.07, 6.45) is 1.99. The van der Waals surface area contributed by atoms with E-state index in [0.717, 1.165) is 5.56 Å². The van der Waals surface area contributed by atoms with Crippen LogP contribution in [0.3, 0.4) is 0 Å². The molecular formula is C18H20N4O3. The van der Waals surface area contributed by atoms with Gasteiger partial charge in [0, 0.05) is 18.7 Å². The monoisotopic (exact) mass is 340 g/mol. The lowest BCUT2D eigenvalue weighted by atomic mass is 10.2. The van der Waals surface area contributed by atoms with E-state index in [-0.39, 0.29) is 28.8 Å². The number of hydrogen-bond acceptors (Lipinski definition) is 5. The van der Waals surface area contributed by atoms with Gasteiger partial charge in [0.25, 0.3) is 11.5 Å². The zero-order chi connectivity index (χ0) is 17.8. The molecule has 2 aromatic rings. The topological polar surface area (TPSA) is 86.8 Å². The van der Waals surface area contributed by atoms with E-state index < -0.39 is 0 Å². The number of benzene rings is 1. The molecule has 0 saturated heterocycles. The number of rotatable bonds is 4. The van der Waals surface area contributed by atoms with Crippen LogP contribution in [0.25, 0.3) is 0 Å². The molecule has 0 aliphatic carbocycles. The number of aromatic nitrogens is 1. The first-order chi connectivity index (χ1) is 12.1. The van der Waals surface area contributed by atoms with E-state index >= 15 is 0 Å². The predicted octanol–water partition coefficient (Wildman–Crippen LogP) is 1.72. The molecule has 130 valence electrons. The molecule has 25 heavy (non-hydrogen) atoms. The van der Waals surface area contributed by atoms with Gasteiger partial charge in [-0.1, -0.05) is 30.3 Å². The first-order valence-corrected chi connectivity index (χ1v) is 8.03. The van der Waals surface area contributed by atoms with Crippen molar-refractivity contribution in [2.24, 2.45) is 5.10 Å². The third kappa shape index (κ3) is 3.88. The number of H-pyrrole nitrogens is 1. The van der Waals surface area contributed by atoms with Crippen molar-refractivity contribution >= 4 is 11.7 Å². The van der Waals surface area contributed by atoms with Crippen LogP contribution in [-0.2, 0) is 6.54 Å². The van der Waals surface area contributed by atoms with Gasteiger partial charge >= 0.3 is 0 Å². The van der Waals surface area contributed by atoms with Gasteiger partial charge in [-0.15, -0.1) is 0 Å². The normalized spacial score (nSPS) is 16.5. The van der Waals surface area contributed by atoms with Gasteiger partial charge in [-0.3, -0.25) is 14.6 Å². The van der Waals surface area contributed by atoms with Crippen LogP contribution in [-0.4, -0.2) is 34.9 Å². The van der Waals surface area contributed by atoms with Crippen LogP contribution in [0.15, 0.2) is 52.5 Å². The number of hydrazone groups is 1. The van der Waals surface area contributed by atoms with Gasteiger partial charge in [-0.2, -0.15) is 5.10 Å². The van der Waals surface area contributed by atoms with Crippen LogP contribution in [0, 0.1) is 0 Å². The van der Waals surface area contributed by atoms with E-state index in [1.165, 1.54) is 19.4 Å². The molecule has 7 heteroatoms. The molecule has 1 unspecified atom stereocenters. The lowest BCUT2D eigenvalue weighted by Gasteiger charge is -2.19. The van der Waals surface area contributed by atoms with Gasteiger partial charge in [-0.05, 0) is 12.5 Å². The number of pyridine rings is 1. The minimum absolute atomic E-state index is 0.188. The lowest BCUT2D eigenvalue weighted by molar-refractivity contribution is 0.0973. The van der Waals surface area contributed by atoms with Crippen LogP contribution in [0.2, 0.25) is 0 Å². The molecule has 2 heterocycles. The summed E-state index contributed by atoms with van der Waals surface area (Å²) in [6.45, 7) is 2.75. The molecule has 0 bridgehead atoms. The standard InChI is InChI=1S/C18H20N4O3/c1-12-8-16(21-22(12)11-13-6-4-3-5-7-13)20-18(24)14-10-19-17(23)9-15(14)25-2/h3-7,9-10,12H,8,11H2,1-2H3,(H,19,23)(H,20,21,24). The Hall–Kier alpha value is -3.09. The molecule has 1 aromatic heterocycles. The number of carbonyl (C=O) groups is 1. The van der Waals surface area contributed by atoms with Crippen LogP contribution in [0.5, 0.6) is 5.75 Å².